The van der Waals surface area contributed by atoms with Crippen molar-refractivity contribution in [2.75, 3.05) is 0 Å². The zero-order valence-corrected chi connectivity index (χ0v) is 12.5. The predicted octanol–water partition coefficient (Wildman–Crippen LogP) is 3.46. The molecule has 0 unspecified atom stereocenters. The molecular formula is C17H18N2O. The van der Waals surface area contributed by atoms with Crippen molar-refractivity contribution in [2.24, 2.45) is 0 Å². The van der Waals surface area contributed by atoms with Gasteiger partial charge in [-0.1, -0.05) is 6.07 Å². The van der Waals surface area contributed by atoms with Gasteiger partial charge < -0.3 is 4.98 Å². The zero-order valence-electron chi connectivity index (χ0n) is 12.5. The van der Waals surface area contributed by atoms with E-state index in [2.05, 4.69) is 38.7 Å². The second-order valence-electron chi connectivity index (χ2n) is 5.32. The summed E-state index contributed by atoms with van der Waals surface area (Å²) in [4.78, 5) is 14.8. The van der Waals surface area contributed by atoms with E-state index in [4.69, 9.17) is 5.26 Å². The van der Waals surface area contributed by atoms with Gasteiger partial charge in [0.2, 0.25) is 0 Å². The summed E-state index contributed by atoms with van der Waals surface area (Å²) in [5, 5.41) is 8.93. The highest BCUT2D eigenvalue weighted by molar-refractivity contribution is 5.73. The topological polar surface area (TPSA) is 56.6 Å². The van der Waals surface area contributed by atoms with Crippen LogP contribution in [0.2, 0.25) is 0 Å². The molecule has 3 heteroatoms. The fourth-order valence-electron chi connectivity index (χ4n) is 2.57. The fraction of sp³-hybridized carbons (Fsp3) is 0.294. The van der Waals surface area contributed by atoms with Crippen LogP contribution in [0.4, 0.5) is 0 Å². The minimum atomic E-state index is -0.328. The highest BCUT2D eigenvalue weighted by atomic mass is 16.1. The first-order valence-electron chi connectivity index (χ1n) is 6.58. The Balaban J connectivity index is 2.86. The summed E-state index contributed by atoms with van der Waals surface area (Å²) < 4.78 is 0. The van der Waals surface area contributed by atoms with Crippen LogP contribution in [0.3, 0.4) is 0 Å². The summed E-state index contributed by atoms with van der Waals surface area (Å²) in [6.07, 6.45) is 0. The number of hydrogen-bond acceptors (Lipinski definition) is 2. The highest BCUT2D eigenvalue weighted by Crippen LogP contribution is 2.31. The van der Waals surface area contributed by atoms with Crippen LogP contribution >= 0.6 is 0 Å². The lowest BCUT2D eigenvalue weighted by Crippen LogP contribution is -2.13. The molecule has 0 fully saturated rings. The van der Waals surface area contributed by atoms with E-state index >= 15 is 0 Å². The molecule has 3 nitrogen and oxygen atoms in total. The highest BCUT2D eigenvalue weighted by Gasteiger charge is 2.14. The van der Waals surface area contributed by atoms with Crippen molar-refractivity contribution >= 4 is 0 Å². The average molecular weight is 266 g/mol. The van der Waals surface area contributed by atoms with E-state index in [0.717, 1.165) is 27.9 Å². The minimum absolute atomic E-state index is 0.158. The first-order valence-corrected chi connectivity index (χ1v) is 6.58. The van der Waals surface area contributed by atoms with E-state index in [1.807, 2.05) is 13.0 Å². The minimum Gasteiger partial charge on any atom is -0.321 e. The van der Waals surface area contributed by atoms with E-state index in [1.165, 1.54) is 11.1 Å². The lowest BCUT2D eigenvalue weighted by Gasteiger charge is -2.17. The van der Waals surface area contributed by atoms with Gasteiger partial charge in [0, 0.05) is 5.56 Å². The van der Waals surface area contributed by atoms with Crippen molar-refractivity contribution in [3.05, 3.63) is 55.9 Å². The Morgan fingerprint density at radius 2 is 1.50 bits per heavy atom. The number of H-pyrrole nitrogens is 1. The van der Waals surface area contributed by atoms with Crippen molar-refractivity contribution in [3.63, 3.8) is 0 Å². The molecule has 0 aliphatic carbocycles. The molecule has 2 aromatic rings. The number of benzene rings is 1. The molecule has 0 atom stereocenters. The molecule has 0 aliphatic rings. The first-order chi connectivity index (χ1) is 9.36. The summed E-state index contributed by atoms with van der Waals surface area (Å²) in [5.41, 5.74) is 7.36. The van der Waals surface area contributed by atoms with Crippen LogP contribution in [-0.4, -0.2) is 4.98 Å². The molecule has 1 N–H and O–H groups in total. The van der Waals surface area contributed by atoms with Gasteiger partial charge in [-0.3, -0.25) is 4.79 Å². The monoisotopic (exact) mass is 266 g/mol. The van der Waals surface area contributed by atoms with Crippen molar-refractivity contribution in [1.82, 2.24) is 4.98 Å². The molecule has 1 heterocycles. The van der Waals surface area contributed by atoms with E-state index in [1.54, 1.807) is 6.07 Å². The van der Waals surface area contributed by atoms with Crippen LogP contribution in [0, 0.1) is 45.9 Å². The number of pyridine rings is 1. The van der Waals surface area contributed by atoms with Crippen molar-refractivity contribution < 1.29 is 0 Å². The van der Waals surface area contributed by atoms with Gasteiger partial charge in [0.15, 0.2) is 0 Å². The van der Waals surface area contributed by atoms with Gasteiger partial charge >= 0.3 is 0 Å². The van der Waals surface area contributed by atoms with Gasteiger partial charge in [-0.15, -0.1) is 0 Å². The van der Waals surface area contributed by atoms with Gasteiger partial charge in [0.05, 0.1) is 5.69 Å². The van der Waals surface area contributed by atoms with Crippen LogP contribution in [0.25, 0.3) is 11.3 Å². The Labute approximate surface area is 118 Å². The van der Waals surface area contributed by atoms with Gasteiger partial charge in [-0.2, -0.15) is 5.26 Å². The lowest BCUT2D eigenvalue weighted by molar-refractivity contribution is 1.15. The van der Waals surface area contributed by atoms with Crippen molar-refractivity contribution in [3.8, 4) is 17.3 Å². The summed E-state index contributed by atoms with van der Waals surface area (Å²) in [6.45, 7) is 10.2. The SMILES string of the molecule is Cc1cc(C#N)c(=O)[nH]c1-c1c(C)c(C)cc(C)c1C. The van der Waals surface area contributed by atoms with Crippen LogP contribution in [0.1, 0.15) is 33.4 Å². The first kappa shape index (κ1) is 14.1. The molecule has 0 saturated heterocycles. The summed E-state index contributed by atoms with van der Waals surface area (Å²) in [5.74, 6) is 0. The van der Waals surface area contributed by atoms with Crippen LogP contribution < -0.4 is 5.56 Å². The second kappa shape index (κ2) is 4.97. The van der Waals surface area contributed by atoms with E-state index in [-0.39, 0.29) is 11.1 Å². The molecule has 0 aliphatic heterocycles. The summed E-state index contributed by atoms with van der Waals surface area (Å²) in [6, 6.07) is 5.74. The Kier molecular flexibility index (Phi) is 3.50. The van der Waals surface area contributed by atoms with Gasteiger partial charge in [-0.05, 0) is 68.5 Å². The third-order valence-corrected chi connectivity index (χ3v) is 3.97. The molecule has 0 spiro atoms. The third kappa shape index (κ3) is 2.14. The number of hydrogen-bond donors (Lipinski definition) is 1. The maximum atomic E-state index is 11.9. The number of nitriles is 1. The van der Waals surface area contributed by atoms with E-state index in [0.29, 0.717) is 0 Å². The molecule has 102 valence electrons. The normalized spacial score (nSPS) is 10.4. The molecule has 20 heavy (non-hydrogen) atoms. The van der Waals surface area contributed by atoms with Crippen molar-refractivity contribution in [2.45, 2.75) is 34.6 Å². The molecule has 1 aromatic carbocycles. The number of aromatic amines is 1. The van der Waals surface area contributed by atoms with Crippen LogP contribution in [0.5, 0.6) is 0 Å². The van der Waals surface area contributed by atoms with Gasteiger partial charge in [-0.25, -0.2) is 0 Å². The number of aryl methyl sites for hydroxylation is 3. The zero-order chi connectivity index (χ0) is 15.0. The average Bonchev–Trinajstić information content (AvgIpc) is 2.40. The molecule has 0 radical (unpaired) electrons. The van der Waals surface area contributed by atoms with Gasteiger partial charge in [0.25, 0.3) is 5.56 Å². The molecule has 1 aromatic heterocycles. The number of rotatable bonds is 1. The number of nitrogens with one attached hydrogen (secondary N) is 1. The molecule has 0 saturated carbocycles. The smallest absolute Gasteiger partial charge is 0.266 e. The standard InChI is InChI=1S/C17H18N2O/c1-9-6-10(2)13(5)15(12(9)4)16-11(3)7-14(8-18)17(20)19-16/h6-7H,1-5H3,(H,19,20). The van der Waals surface area contributed by atoms with Gasteiger partial charge in [0.1, 0.15) is 11.6 Å². The van der Waals surface area contributed by atoms with Crippen molar-refractivity contribution in [1.29, 1.82) is 5.26 Å². The largest absolute Gasteiger partial charge is 0.321 e. The third-order valence-electron chi connectivity index (χ3n) is 3.97. The molecule has 2 rings (SSSR count). The summed E-state index contributed by atoms with van der Waals surface area (Å²) in [7, 11) is 0. The number of aromatic nitrogens is 1. The maximum absolute atomic E-state index is 11.9. The van der Waals surface area contributed by atoms with Crippen LogP contribution in [-0.2, 0) is 0 Å². The Morgan fingerprint density at radius 3 is 2.00 bits per heavy atom. The molecule has 0 amide bonds. The Morgan fingerprint density at radius 1 is 0.950 bits per heavy atom. The lowest BCUT2D eigenvalue weighted by atomic mass is 9.90. The Bertz CT molecular complexity index is 766. The summed E-state index contributed by atoms with van der Waals surface area (Å²) >= 11 is 0. The quantitative estimate of drug-likeness (QED) is 0.859. The Hall–Kier alpha value is -2.34. The second-order valence-corrected chi connectivity index (χ2v) is 5.32. The maximum Gasteiger partial charge on any atom is 0.266 e. The fourth-order valence-corrected chi connectivity index (χ4v) is 2.57. The van der Waals surface area contributed by atoms with E-state index in [9.17, 15) is 4.79 Å². The number of nitrogens with zero attached hydrogens (tertiary/aromatic N) is 1. The predicted molar refractivity (Wildman–Crippen MR) is 80.9 cm³/mol. The molecular weight excluding hydrogens is 248 g/mol. The molecule has 0 bridgehead atoms. The van der Waals surface area contributed by atoms with E-state index < -0.39 is 0 Å². The van der Waals surface area contributed by atoms with Crippen LogP contribution in [0.15, 0.2) is 16.9 Å².